The minimum absolute atomic E-state index is 0.000486. The molecule has 8 N–H and O–H groups in total. The molecular weight excluding hydrogens is 778 g/mol. The molecule has 3 fully saturated rings. The van der Waals surface area contributed by atoms with E-state index in [0.29, 0.717) is 31.2 Å². The molecule has 6 amide bonds. The van der Waals surface area contributed by atoms with E-state index in [1.54, 1.807) is 44.7 Å². The smallest absolute Gasteiger partial charge is 0.305 e. The number of Topliss-reactive ketones (excluding diaryl/α,β-unsaturated/α-hetero) is 1. The Balaban J connectivity index is 1.83. The van der Waals surface area contributed by atoms with Gasteiger partial charge in [0.1, 0.15) is 29.9 Å². The summed E-state index contributed by atoms with van der Waals surface area (Å²) in [5.74, 6) is -7.40. The van der Waals surface area contributed by atoms with Crippen molar-refractivity contribution in [3.8, 4) is 5.75 Å². The standard InChI is InChI=1S/C42H63N7O11/c1-22(2)18-26-20-32(52)30-10-8-17-49(30)41(60)29(19-25-12-14-27(51)15-13-25)45-38(57)31-11-9-16-48(31)35(40(59)47-42(5,6)7)23(3)43-39(58)34(24(4)50)46-37(56)28(21-33(53)54)44-36(26)55/h12-15,22-24,26,28-31,34-35,50-51H,8-11,16-21H2,1-7H3,(H,43,58)(H,44,55)(H,45,57)(H,46,56)(H,47,59)(H,53,54)/t23-,24-,26-,28+,29+,30-,31+,34+,35+/m1/s1. The summed E-state index contributed by atoms with van der Waals surface area (Å²) >= 11 is 0. The van der Waals surface area contributed by atoms with Gasteiger partial charge in [-0.15, -0.1) is 0 Å². The van der Waals surface area contributed by atoms with E-state index in [-0.39, 0.29) is 44.0 Å². The van der Waals surface area contributed by atoms with Gasteiger partial charge >= 0.3 is 5.97 Å². The number of aliphatic hydroxyl groups excluding tert-OH is 1. The Morgan fingerprint density at radius 1 is 0.833 bits per heavy atom. The van der Waals surface area contributed by atoms with Crippen molar-refractivity contribution in [1.29, 1.82) is 0 Å². The summed E-state index contributed by atoms with van der Waals surface area (Å²) in [7, 11) is 0. The highest BCUT2D eigenvalue weighted by molar-refractivity contribution is 5.98. The SMILES string of the molecule is CC(C)C[C@@H]1CC(=O)[C@H]2CCCN2C(=O)[C@H](Cc2ccc(O)cc2)NC(=O)[C@@H]2CCCN2[C@H](C(=O)NC(C)(C)C)[C@@H](C)NC(=O)[C@H]([C@@H](C)O)NC(=O)[C@H](CC(=O)O)NC1=O. The summed E-state index contributed by atoms with van der Waals surface area (Å²) in [6.07, 6.45) is -1.02. The summed E-state index contributed by atoms with van der Waals surface area (Å²) < 4.78 is 0. The number of phenolic OH excluding ortho intramolecular Hbond substituents is 1. The van der Waals surface area contributed by atoms with Gasteiger partial charge in [0, 0.05) is 30.8 Å². The molecule has 0 spiro atoms. The van der Waals surface area contributed by atoms with Gasteiger partial charge in [-0.2, -0.15) is 0 Å². The zero-order valence-electron chi connectivity index (χ0n) is 35.7. The molecule has 3 aliphatic heterocycles. The maximum Gasteiger partial charge on any atom is 0.305 e. The summed E-state index contributed by atoms with van der Waals surface area (Å²) in [6, 6.07) is -2.51. The third kappa shape index (κ3) is 12.7. The second-order valence-electron chi connectivity index (χ2n) is 17.9. The molecule has 0 bridgehead atoms. The van der Waals surface area contributed by atoms with E-state index in [1.807, 2.05) is 13.8 Å². The Kier molecular flexibility index (Phi) is 16.2. The van der Waals surface area contributed by atoms with Gasteiger partial charge in [0.15, 0.2) is 5.78 Å². The monoisotopic (exact) mass is 841 g/mol. The number of rotatable bonds is 8. The highest BCUT2D eigenvalue weighted by Crippen LogP contribution is 2.27. The molecule has 1 aromatic carbocycles. The minimum atomic E-state index is -1.71. The summed E-state index contributed by atoms with van der Waals surface area (Å²) in [5.41, 5.74) is -0.124. The number of carboxylic acid groups (broad SMARTS) is 1. The van der Waals surface area contributed by atoms with Gasteiger partial charge in [-0.3, -0.25) is 43.3 Å². The van der Waals surface area contributed by atoms with Gasteiger partial charge in [-0.05, 0) is 96.9 Å². The molecule has 18 heteroatoms. The van der Waals surface area contributed by atoms with Crippen LogP contribution in [0.2, 0.25) is 0 Å². The normalized spacial score (nSPS) is 28.7. The van der Waals surface area contributed by atoms with Crippen molar-refractivity contribution in [2.75, 3.05) is 13.1 Å². The van der Waals surface area contributed by atoms with E-state index >= 15 is 0 Å². The molecule has 3 heterocycles. The zero-order valence-corrected chi connectivity index (χ0v) is 35.7. The largest absolute Gasteiger partial charge is 0.508 e. The molecule has 0 saturated carbocycles. The van der Waals surface area contributed by atoms with Gasteiger partial charge in [-0.1, -0.05) is 26.0 Å². The van der Waals surface area contributed by atoms with Crippen LogP contribution in [-0.2, 0) is 44.8 Å². The van der Waals surface area contributed by atoms with E-state index in [2.05, 4.69) is 26.6 Å². The quantitative estimate of drug-likeness (QED) is 0.174. The summed E-state index contributed by atoms with van der Waals surface area (Å²) in [4.78, 5) is 114. The lowest BCUT2D eigenvalue weighted by Crippen LogP contribution is -2.65. The lowest BCUT2D eigenvalue weighted by Gasteiger charge is -2.38. The molecular formula is C42H63N7O11. The Morgan fingerprint density at radius 3 is 2.05 bits per heavy atom. The maximum atomic E-state index is 14.6. The Hall–Kier alpha value is -5.10. The number of fused-ring (bicyclic) bond motifs is 2. The predicted octanol–water partition coefficient (Wildman–Crippen LogP) is 0.123. The fourth-order valence-electron chi connectivity index (χ4n) is 8.37. The lowest BCUT2D eigenvalue weighted by atomic mass is 9.89. The molecule has 9 atom stereocenters. The number of aliphatic carboxylic acids is 1. The Morgan fingerprint density at radius 2 is 1.45 bits per heavy atom. The number of nitrogens with one attached hydrogen (secondary N) is 5. The average Bonchev–Trinajstić information content (AvgIpc) is 3.83. The van der Waals surface area contributed by atoms with Crippen LogP contribution in [0.4, 0.5) is 0 Å². The molecule has 4 rings (SSSR count). The van der Waals surface area contributed by atoms with Crippen molar-refractivity contribution in [3.05, 3.63) is 29.8 Å². The van der Waals surface area contributed by atoms with E-state index in [0.717, 1.165) is 0 Å². The van der Waals surface area contributed by atoms with Crippen LogP contribution in [0.5, 0.6) is 5.75 Å². The number of amides is 6. The fraction of sp³-hybridized carbons (Fsp3) is 0.667. The molecule has 3 aliphatic rings. The maximum absolute atomic E-state index is 14.6. The third-order valence-electron chi connectivity index (χ3n) is 11.1. The van der Waals surface area contributed by atoms with Crippen LogP contribution in [0.15, 0.2) is 24.3 Å². The number of carboxylic acids is 1. The minimum Gasteiger partial charge on any atom is -0.508 e. The van der Waals surface area contributed by atoms with Crippen molar-refractivity contribution in [1.82, 2.24) is 36.4 Å². The van der Waals surface area contributed by atoms with Crippen molar-refractivity contribution < 1.29 is 53.7 Å². The van der Waals surface area contributed by atoms with Crippen molar-refractivity contribution in [3.63, 3.8) is 0 Å². The second kappa shape index (κ2) is 20.4. The van der Waals surface area contributed by atoms with E-state index in [4.69, 9.17) is 0 Å². The molecule has 0 aliphatic carbocycles. The fourth-order valence-corrected chi connectivity index (χ4v) is 8.37. The average molecular weight is 842 g/mol. The van der Waals surface area contributed by atoms with Crippen LogP contribution < -0.4 is 26.6 Å². The van der Waals surface area contributed by atoms with Crippen molar-refractivity contribution in [2.45, 2.75) is 154 Å². The summed E-state index contributed by atoms with van der Waals surface area (Å²) in [5, 5.41) is 43.8. The van der Waals surface area contributed by atoms with Crippen LogP contribution in [0.1, 0.15) is 99.0 Å². The first-order valence-corrected chi connectivity index (χ1v) is 20.9. The van der Waals surface area contributed by atoms with Gasteiger partial charge < -0.3 is 46.8 Å². The van der Waals surface area contributed by atoms with Crippen LogP contribution in [0, 0.1) is 11.8 Å². The Labute approximate surface area is 350 Å². The first-order chi connectivity index (χ1) is 28.1. The van der Waals surface area contributed by atoms with Crippen molar-refractivity contribution in [2.24, 2.45) is 11.8 Å². The Bertz CT molecular complexity index is 1760. The first kappa shape index (κ1) is 47.6. The third-order valence-corrected chi connectivity index (χ3v) is 11.1. The van der Waals surface area contributed by atoms with E-state index in [1.165, 1.54) is 24.0 Å². The first-order valence-electron chi connectivity index (χ1n) is 20.9. The number of phenols is 1. The van der Waals surface area contributed by atoms with Crippen LogP contribution >= 0.6 is 0 Å². The molecule has 0 unspecified atom stereocenters. The predicted molar refractivity (Wildman–Crippen MR) is 218 cm³/mol. The number of carbonyl (C=O) groups excluding carboxylic acids is 7. The number of aromatic hydroxyl groups is 1. The van der Waals surface area contributed by atoms with E-state index in [9.17, 15) is 53.7 Å². The number of hydrogen-bond donors (Lipinski definition) is 8. The molecule has 1 aromatic rings. The molecule has 60 heavy (non-hydrogen) atoms. The molecule has 0 aromatic heterocycles. The molecule has 3 saturated heterocycles. The lowest BCUT2D eigenvalue weighted by molar-refractivity contribution is -0.143. The van der Waals surface area contributed by atoms with Crippen LogP contribution in [0.25, 0.3) is 0 Å². The zero-order chi connectivity index (χ0) is 44.6. The second-order valence-corrected chi connectivity index (χ2v) is 17.9. The number of aliphatic hydroxyl groups is 1. The number of carbonyl (C=O) groups is 8. The van der Waals surface area contributed by atoms with Gasteiger partial charge in [0.2, 0.25) is 35.4 Å². The number of ketones is 1. The number of benzene rings is 1. The van der Waals surface area contributed by atoms with Gasteiger partial charge in [0.05, 0.1) is 30.7 Å². The van der Waals surface area contributed by atoms with Gasteiger partial charge in [0.25, 0.3) is 0 Å². The highest BCUT2D eigenvalue weighted by Gasteiger charge is 2.45. The summed E-state index contributed by atoms with van der Waals surface area (Å²) in [6.45, 7) is 12.2. The molecule has 332 valence electrons. The highest BCUT2D eigenvalue weighted by atomic mass is 16.4. The van der Waals surface area contributed by atoms with Crippen molar-refractivity contribution >= 4 is 47.2 Å². The molecule has 18 nitrogen and oxygen atoms in total. The van der Waals surface area contributed by atoms with E-state index < -0.39 is 113 Å². The van der Waals surface area contributed by atoms with Crippen LogP contribution in [0.3, 0.4) is 0 Å². The topological polar surface area (TPSA) is 264 Å². The molecule has 0 radical (unpaired) electrons. The number of nitrogens with zero attached hydrogens (tertiary/aromatic N) is 2. The number of hydrogen-bond acceptors (Lipinski definition) is 11. The van der Waals surface area contributed by atoms with Crippen LogP contribution in [-0.4, -0.2) is 139 Å². The van der Waals surface area contributed by atoms with Gasteiger partial charge in [-0.25, -0.2) is 0 Å².